The highest BCUT2D eigenvalue weighted by atomic mass is 16.7. The van der Waals surface area contributed by atoms with Crippen LogP contribution in [0.25, 0.3) is 6.08 Å². The summed E-state index contributed by atoms with van der Waals surface area (Å²) < 4.78 is 9.77. The predicted molar refractivity (Wildman–Crippen MR) is 106 cm³/mol. The SMILES string of the molecule is COC(=O)c1cc(/C=C/CCN(Cc2ccccc2)OC(=O)C(C)(C)C)co1. The number of esters is 1. The van der Waals surface area contributed by atoms with Crippen molar-refractivity contribution in [1.82, 2.24) is 5.06 Å². The number of ether oxygens (including phenoxy) is 1. The molecule has 1 heterocycles. The molecule has 6 nitrogen and oxygen atoms in total. The van der Waals surface area contributed by atoms with Crippen LogP contribution in [0.5, 0.6) is 0 Å². The van der Waals surface area contributed by atoms with Gasteiger partial charge in [-0.2, -0.15) is 0 Å². The molecule has 0 N–H and O–H groups in total. The molecule has 0 aliphatic rings. The Kier molecular flexibility index (Phi) is 7.58. The third-order valence-corrected chi connectivity index (χ3v) is 3.89. The van der Waals surface area contributed by atoms with Crippen LogP contribution in [0.2, 0.25) is 0 Å². The Morgan fingerprint density at radius 1 is 1.18 bits per heavy atom. The van der Waals surface area contributed by atoms with Crippen molar-refractivity contribution in [2.45, 2.75) is 33.7 Å². The fourth-order valence-corrected chi connectivity index (χ4v) is 2.28. The normalized spacial score (nSPS) is 11.8. The molecule has 1 aromatic carbocycles. The largest absolute Gasteiger partial charge is 0.463 e. The van der Waals surface area contributed by atoms with E-state index in [0.29, 0.717) is 19.5 Å². The van der Waals surface area contributed by atoms with Crippen molar-refractivity contribution >= 4 is 18.0 Å². The van der Waals surface area contributed by atoms with E-state index in [-0.39, 0.29) is 11.7 Å². The van der Waals surface area contributed by atoms with Crippen LogP contribution in [0.1, 0.15) is 48.9 Å². The molecule has 0 saturated heterocycles. The zero-order chi connectivity index (χ0) is 20.6. The summed E-state index contributed by atoms with van der Waals surface area (Å²) >= 11 is 0. The van der Waals surface area contributed by atoms with Crippen molar-refractivity contribution in [2.75, 3.05) is 13.7 Å². The highest BCUT2D eigenvalue weighted by molar-refractivity contribution is 5.86. The molecule has 0 atom stereocenters. The Morgan fingerprint density at radius 3 is 2.54 bits per heavy atom. The molecular formula is C22H27NO5. The zero-order valence-electron chi connectivity index (χ0n) is 16.8. The first-order chi connectivity index (χ1) is 13.3. The number of hydrogen-bond donors (Lipinski definition) is 0. The Morgan fingerprint density at radius 2 is 1.89 bits per heavy atom. The summed E-state index contributed by atoms with van der Waals surface area (Å²) in [7, 11) is 1.31. The number of furan rings is 1. The highest BCUT2D eigenvalue weighted by Gasteiger charge is 2.25. The van der Waals surface area contributed by atoms with Crippen molar-refractivity contribution in [1.29, 1.82) is 0 Å². The summed E-state index contributed by atoms with van der Waals surface area (Å²) in [5, 5.41) is 1.67. The molecule has 150 valence electrons. The number of benzene rings is 1. The first kappa shape index (κ1) is 21.4. The number of nitrogens with zero attached hydrogens (tertiary/aromatic N) is 1. The second kappa shape index (κ2) is 9.90. The van der Waals surface area contributed by atoms with Crippen molar-refractivity contribution in [2.24, 2.45) is 5.41 Å². The van der Waals surface area contributed by atoms with E-state index in [2.05, 4.69) is 4.74 Å². The minimum Gasteiger partial charge on any atom is -0.463 e. The first-order valence-corrected chi connectivity index (χ1v) is 9.14. The number of methoxy groups -OCH3 is 1. The van der Waals surface area contributed by atoms with Crippen LogP contribution in [-0.2, 0) is 20.9 Å². The average molecular weight is 385 g/mol. The predicted octanol–water partition coefficient (Wildman–Crippen LogP) is 4.48. The van der Waals surface area contributed by atoms with Gasteiger partial charge in [0.05, 0.1) is 25.3 Å². The van der Waals surface area contributed by atoms with Gasteiger partial charge in [0.15, 0.2) is 0 Å². The van der Waals surface area contributed by atoms with Gasteiger partial charge in [-0.25, -0.2) is 9.59 Å². The maximum Gasteiger partial charge on any atom is 0.373 e. The molecule has 0 radical (unpaired) electrons. The van der Waals surface area contributed by atoms with Gasteiger partial charge in [0.2, 0.25) is 5.76 Å². The molecule has 2 aromatic rings. The monoisotopic (exact) mass is 385 g/mol. The summed E-state index contributed by atoms with van der Waals surface area (Å²) in [5.74, 6) is -0.625. The Balaban J connectivity index is 1.96. The summed E-state index contributed by atoms with van der Waals surface area (Å²) in [4.78, 5) is 29.3. The van der Waals surface area contributed by atoms with Crippen molar-refractivity contribution in [3.8, 4) is 0 Å². The van der Waals surface area contributed by atoms with E-state index in [1.54, 1.807) is 11.1 Å². The van der Waals surface area contributed by atoms with Crippen molar-refractivity contribution in [3.63, 3.8) is 0 Å². The fraction of sp³-hybridized carbons (Fsp3) is 0.364. The molecule has 0 spiro atoms. The van der Waals surface area contributed by atoms with Gasteiger partial charge in [0.25, 0.3) is 0 Å². The van der Waals surface area contributed by atoms with Gasteiger partial charge < -0.3 is 14.0 Å². The van der Waals surface area contributed by atoms with Gasteiger partial charge in [-0.05, 0) is 38.8 Å². The Hall–Kier alpha value is -2.86. The van der Waals surface area contributed by atoms with Crippen molar-refractivity contribution < 1.29 is 23.6 Å². The highest BCUT2D eigenvalue weighted by Crippen LogP contribution is 2.18. The third kappa shape index (κ3) is 6.70. The van der Waals surface area contributed by atoms with E-state index in [0.717, 1.165) is 11.1 Å². The van der Waals surface area contributed by atoms with Crippen LogP contribution in [-0.4, -0.2) is 30.7 Å². The van der Waals surface area contributed by atoms with Gasteiger partial charge in [0, 0.05) is 12.1 Å². The summed E-state index contributed by atoms with van der Waals surface area (Å²) in [6, 6.07) is 11.5. The van der Waals surface area contributed by atoms with Crippen LogP contribution < -0.4 is 0 Å². The first-order valence-electron chi connectivity index (χ1n) is 9.14. The zero-order valence-corrected chi connectivity index (χ0v) is 16.8. The smallest absolute Gasteiger partial charge is 0.373 e. The molecule has 2 rings (SSSR count). The number of hydrogen-bond acceptors (Lipinski definition) is 6. The van der Waals surface area contributed by atoms with E-state index in [9.17, 15) is 9.59 Å². The van der Waals surface area contributed by atoms with Crippen LogP contribution in [0.3, 0.4) is 0 Å². The van der Waals surface area contributed by atoms with E-state index in [1.807, 2.05) is 63.3 Å². The molecule has 1 aromatic heterocycles. The molecule has 0 unspecified atom stereocenters. The number of hydroxylamine groups is 2. The Bertz CT molecular complexity index is 802. The lowest BCUT2D eigenvalue weighted by Crippen LogP contribution is -2.33. The van der Waals surface area contributed by atoms with Gasteiger partial charge >= 0.3 is 11.9 Å². The summed E-state index contributed by atoms with van der Waals surface area (Å²) in [6.45, 7) is 6.53. The van der Waals surface area contributed by atoms with Crippen LogP contribution in [0, 0.1) is 5.41 Å². The second-order valence-electron chi connectivity index (χ2n) is 7.40. The minimum atomic E-state index is -0.578. The van der Waals surface area contributed by atoms with Crippen LogP contribution >= 0.6 is 0 Å². The molecule has 0 aliphatic heterocycles. The minimum absolute atomic E-state index is 0.159. The van der Waals surface area contributed by atoms with Gasteiger partial charge in [-0.3, -0.25) is 0 Å². The topological polar surface area (TPSA) is 69.0 Å². The number of carbonyl (C=O) groups is 2. The summed E-state index contributed by atoms with van der Waals surface area (Å²) in [5.41, 5.74) is 1.25. The third-order valence-electron chi connectivity index (χ3n) is 3.89. The molecule has 0 amide bonds. The average Bonchev–Trinajstić information content (AvgIpc) is 3.13. The van der Waals surface area contributed by atoms with Gasteiger partial charge in [-0.15, -0.1) is 5.06 Å². The quantitative estimate of drug-likeness (QED) is 0.493. The molecule has 28 heavy (non-hydrogen) atoms. The van der Waals surface area contributed by atoms with Crippen LogP contribution in [0.4, 0.5) is 0 Å². The maximum atomic E-state index is 12.3. The molecule has 0 bridgehead atoms. The second-order valence-corrected chi connectivity index (χ2v) is 7.40. The lowest BCUT2D eigenvalue weighted by molar-refractivity contribution is -0.203. The fourth-order valence-electron chi connectivity index (χ4n) is 2.28. The summed E-state index contributed by atoms with van der Waals surface area (Å²) in [6.07, 6.45) is 5.93. The van der Waals surface area contributed by atoms with Crippen LogP contribution in [0.15, 0.2) is 53.2 Å². The van der Waals surface area contributed by atoms with E-state index in [1.165, 1.54) is 13.4 Å². The number of rotatable bonds is 8. The molecule has 0 saturated carbocycles. The molecule has 6 heteroatoms. The van der Waals surface area contributed by atoms with E-state index in [4.69, 9.17) is 9.25 Å². The van der Waals surface area contributed by atoms with E-state index < -0.39 is 11.4 Å². The van der Waals surface area contributed by atoms with Gasteiger partial charge in [-0.1, -0.05) is 42.5 Å². The molecule has 0 fully saturated rings. The molecular weight excluding hydrogens is 358 g/mol. The Labute approximate surface area is 165 Å². The lowest BCUT2D eigenvalue weighted by atomic mass is 9.98. The van der Waals surface area contributed by atoms with Gasteiger partial charge in [0.1, 0.15) is 0 Å². The maximum absolute atomic E-state index is 12.3. The lowest BCUT2D eigenvalue weighted by Gasteiger charge is -2.25. The number of carbonyl (C=O) groups excluding carboxylic acids is 2. The van der Waals surface area contributed by atoms with E-state index >= 15 is 0 Å². The van der Waals surface area contributed by atoms with Crippen molar-refractivity contribution in [3.05, 3.63) is 65.6 Å². The standard InChI is InChI=1S/C22H27NO5/c1-22(2,3)21(25)28-23(15-17-10-6-5-7-11-17)13-9-8-12-18-14-19(27-16-18)20(24)26-4/h5-8,10-12,14,16H,9,13,15H2,1-4H3/b12-8+. The molecule has 0 aliphatic carbocycles.